The Morgan fingerprint density at radius 2 is 1.81 bits per heavy atom. The molecule has 0 saturated carbocycles. The quantitative estimate of drug-likeness (QED) is 0.550. The lowest BCUT2D eigenvalue weighted by Crippen LogP contribution is -2.40. The van der Waals surface area contributed by atoms with Gasteiger partial charge in [-0.3, -0.25) is 9.59 Å². The van der Waals surface area contributed by atoms with Gasteiger partial charge in [0.2, 0.25) is 15.9 Å². The van der Waals surface area contributed by atoms with Gasteiger partial charge < -0.3 is 14.8 Å². The number of esters is 1. The molecule has 1 N–H and O–H groups in total. The van der Waals surface area contributed by atoms with Crippen molar-refractivity contribution in [1.82, 2.24) is 9.62 Å². The molecular weight excluding hydrogens is 360 g/mol. The van der Waals surface area contributed by atoms with Gasteiger partial charge in [0.1, 0.15) is 12.4 Å². The lowest BCUT2D eigenvalue weighted by atomic mass is 9.98. The second-order valence-electron chi connectivity index (χ2n) is 6.00. The summed E-state index contributed by atoms with van der Waals surface area (Å²) in [5.74, 6) is -0.269. The topological polar surface area (TPSA) is 102 Å². The summed E-state index contributed by atoms with van der Waals surface area (Å²) in [4.78, 5) is 23.0. The molecule has 9 heteroatoms. The summed E-state index contributed by atoms with van der Waals surface area (Å²) in [7, 11) is -2.07. The van der Waals surface area contributed by atoms with Crippen molar-refractivity contribution < 1.29 is 27.5 Å². The zero-order valence-electron chi connectivity index (χ0n) is 14.9. The molecule has 1 fully saturated rings. The first-order valence-electron chi connectivity index (χ1n) is 8.40. The fourth-order valence-corrected chi connectivity index (χ4v) is 4.19. The summed E-state index contributed by atoms with van der Waals surface area (Å²) in [6.45, 7) is 2.30. The highest BCUT2D eigenvalue weighted by atomic mass is 32.2. The fourth-order valence-electron chi connectivity index (χ4n) is 2.73. The van der Waals surface area contributed by atoms with Crippen LogP contribution >= 0.6 is 0 Å². The molecule has 0 aliphatic carbocycles. The van der Waals surface area contributed by atoms with E-state index < -0.39 is 10.0 Å². The number of hydrogen-bond donors (Lipinski definition) is 1. The number of carbonyl (C=O) groups excluding carboxylic acids is 2. The van der Waals surface area contributed by atoms with Gasteiger partial charge in [0.25, 0.3) is 0 Å². The fraction of sp³-hybridized carbons (Fsp3) is 0.529. The van der Waals surface area contributed by atoms with Gasteiger partial charge >= 0.3 is 5.97 Å². The number of piperidine rings is 1. The first kappa shape index (κ1) is 20.2. The van der Waals surface area contributed by atoms with Crippen LogP contribution < -0.4 is 10.1 Å². The molecule has 0 aromatic heterocycles. The third kappa shape index (κ3) is 5.18. The van der Waals surface area contributed by atoms with Gasteiger partial charge in [0, 0.05) is 20.0 Å². The molecule has 1 aromatic rings. The van der Waals surface area contributed by atoms with Crippen LogP contribution in [0.4, 0.5) is 0 Å². The van der Waals surface area contributed by atoms with Gasteiger partial charge in [-0.1, -0.05) is 0 Å². The minimum atomic E-state index is -3.59. The number of sulfonamides is 1. The lowest BCUT2D eigenvalue weighted by molar-refractivity contribution is -0.150. The van der Waals surface area contributed by atoms with E-state index in [1.165, 1.54) is 30.5 Å². The van der Waals surface area contributed by atoms with Crippen LogP contribution in [0.25, 0.3) is 0 Å². The normalized spacial score (nSPS) is 16.1. The Balaban J connectivity index is 1.86. The van der Waals surface area contributed by atoms with E-state index in [-0.39, 0.29) is 48.9 Å². The summed E-state index contributed by atoms with van der Waals surface area (Å²) < 4.78 is 36.9. The van der Waals surface area contributed by atoms with Crippen LogP contribution in [0.2, 0.25) is 0 Å². The van der Waals surface area contributed by atoms with Gasteiger partial charge in [-0.2, -0.15) is 4.31 Å². The molecular formula is C17H24N2O6S. The van der Waals surface area contributed by atoms with Crippen LogP contribution in [0.5, 0.6) is 5.75 Å². The number of rotatable bonds is 7. The first-order valence-corrected chi connectivity index (χ1v) is 9.84. The average molecular weight is 384 g/mol. The van der Waals surface area contributed by atoms with Crippen molar-refractivity contribution >= 4 is 21.9 Å². The number of nitrogens with zero attached hydrogens (tertiary/aromatic N) is 1. The third-order valence-electron chi connectivity index (χ3n) is 4.20. The van der Waals surface area contributed by atoms with E-state index in [2.05, 4.69) is 5.32 Å². The summed E-state index contributed by atoms with van der Waals surface area (Å²) in [6, 6.07) is 6.23. The van der Waals surface area contributed by atoms with Crippen LogP contribution in [-0.2, 0) is 24.3 Å². The van der Waals surface area contributed by atoms with Crippen LogP contribution in [0, 0.1) is 5.92 Å². The van der Waals surface area contributed by atoms with Gasteiger partial charge in [0.05, 0.1) is 24.5 Å². The van der Waals surface area contributed by atoms with Crippen molar-refractivity contribution in [3.63, 3.8) is 0 Å². The third-order valence-corrected chi connectivity index (χ3v) is 6.12. The number of methoxy groups -OCH3 is 1. The Hall–Kier alpha value is -2.13. The van der Waals surface area contributed by atoms with Crippen molar-refractivity contribution in [1.29, 1.82) is 0 Å². The maximum absolute atomic E-state index is 12.7. The number of nitrogens with one attached hydrogen (secondary N) is 1. The molecule has 1 aliphatic heterocycles. The second kappa shape index (κ2) is 9.00. The number of carbonyl (C=O) groups is 2. The van der Waals surface area contributed by atoms with E-state index in [4.69, 9.17) is 9.47 Å². The van der Waals surface area contributed by atoms with Crippen molar-refractivity contribution in [2.45, 2.75) is 24.7 Å². The average Bonchev–Trinajstić information content (AvgIpc) is 2.65. The molecule has 8 nitrogen and oxygen atoms in total. The predicted octanol–water partition coefficient (Wildman–Crippen LogP) is 0.775. The van der Waals surface area contributed by atoms with E-state index in [1.807, 2.05) is 0 Å². The van der Waals surface area contributed by atoms with Crippen molar-refractivity contribution in [3.05, 3.63) is 24.3 Å². The molecule has 2 rings (SSSR count). The highest BCUT2D eigenvalue weighted by Gasteiger charge is 2.32. The number of hydrogen-bond acceptors (Lipinski definition) is 6. The summed E-state index contributed by atoms with van der Waals surface area (Å²) in [5.41, 5.74) is 0. The zero-order valence-corrected chi connectivity index (χ0v) is 15.8. The smallest absolute Gasteiger partial charge is 0.309 e. The van der Waals surface area contributed by atoms with Gasteiger partial charge in [-0.25, -0.2) is 8.42 Å². The van der Waals surface area contributed by atoms with Crippen molar-refractivity contribution in [3.8, 4) is 5.75 Å². The molecule has 144 valence electrons. The maximum atomic E-state index is 12.7. The minimum absolute atomic E-state index is 0.114. The number of benzene rings is 1. The molecule has 0 unspecified atom stereocenters. The number of ether oxygens (including phenoxy) is 2. The van der Waals surface area contributed by atoms with E-state index in [0.717, 1.165) is 0 Å². The Bertz CT molecular complexity index is 724. The van der Waals surface area contributed by atoms with Gasteiger partial charge in [0.15, 0.2) is 0 Å². The molecule has 1 saturated heterocycles. The highest BCUT2D eigenvalue weighted by molar-refractivity contribution is 7.89. The molecule has 0 spiro atoms. The maximum Gasteiger partial charge on any atom is 0.309 e. The summed E-state index contributed by atoms with van der Waals surface area (Å²) >= 11 is 0. The van der Waals surface area contributed by atoms with Crippen LogP contribution in [0.1, 0.15) is 19.8 Å². The van der Waals surface area contributed by atoms with Gasteiger partial charge in [-0.15, -0.1) is 0 Å². The molecule has 1 aromatic carbocycles. The SMILES string of the molecule is COc1ccc(S(=O)(=O)N2CCC(C(=O)OCCNC(C)=O)CC2)cc1. The number of amides is 1. The predicted molar refractivity (Wildman–Crippen MR) is 94.1 cm³/mol. The lowest BCUT2D eigenvalue weighted by Gasteiger charge is -2.30. The Labute approximate surface area is 153 Å². The van der Waals surface area contributed by atoms with E-state index in [0.29, 0.717) is 18.6 Å². The standard InChI is InChI=1S/C17H24N2O6S/c1-13(20)18-9-12-25-17(21)14-7-10-19(11-8-14)26(22,23)16-5-3-15(24-2)4-6-16/h3-6,14H,7-12H2,1-2H3,(H,18,20). The molecule has 0 bridgehead atoms. The van der Waals surface area contributed by atoms with Crippen LogP contribution in [0.15, 0.2) is 29.2 Å². The van der Waals surface area contributed by atoms with Crippen LogP contribution in [0.3, 0.4) is 0 Å². The first-order chi connectivity index (χ1) is 12.3. The summed E-state index contributed by atoms with van der Waals surface area (Å²) in [5, 5.41) is 2.54. The van der Waals surface area contributed by atoms with E-state index in [1.54, 1.807) is 12.1 Å². The van der Waals surface area contributed by atoms with E-state index >= 15 is 0 Å². The van der Waals surface area contributed by atoms with Gasteiger partial charge in [-0.05, 0) is 37.1 Å². The zero-order chi connectivity index (χ0) is 19.2. The molecule has 1 heterocycles. The Morgan fingerprint density at radius 1 is 1.19 bits per heavy atom. The second-order valence-corrected chi connectivity index (χ2v) is 7.94. The monoisotopic (exact) mass is 384 g/mol. The molecule has 26 heavy (non-hydrogen) atoms. The molecule has 0 atom stereocenters. The highest BCUT2D eigenvalue weighted by Crippen LogP contribution is 2.25. The largest absolute Gasteiger partial charge is 0.497 e. The Kier molecular flexibility index (Phi) is 6.98. The van der Waals surface area contributed by atoms with Crippen molar-refractivity contribution in [2.75, 3.05) is 33.4 Å². The summed E-state index contributed by atoms with van der Waals surface area (Å²) in [6.07, 6.45) is 0.822. The van der Waals surface area contributed by atoms with E-state index in [9.17, 15) is 18.0 Å². The molecule has 0 radical (unpaired) electrons. The molecule has 1 aliphatic rings. The van der Waals surface area contributed by atoms with Crippen LogP contribution in [-0.4, -0.2) is 58.0 Å². The molecule has 1 amide bonds. The Morgan fingerprint density at radius 3 is 2.35 bits per heavy atom. The minimum Gasteiger partial charge on any atom is -0.497 e. The van der Waals surface area contributed by atoms with Crippen molar-refractivity contribution in [2.24, 2.45) is 5.92 Å².